The van der Waals surface area contributed by atoms with E-state index in [9.17, 15) is 13.2 Å². The van der Waals surface area contributed by atoms with Crippen molar-refractivity contribution in [1.29, 1.82) is 0 Å². The minimum absolute atomic E-state index is 0.00428. The van der Waals surface area contributed by atoms with E-state index in [2.05, 4.69) is 0 Å². The molecule has 0 bridgehead atoms. The van der Waals surface area contributed by atoms with Gasteiger partial charge in [0.15, 0.2) is 0 Å². The average molecular weight is 415 g/mol. The molecule has 0 amide bonds. The van der Waals surface area contributed by atoms with E-state index in [1.165, 1.54) is 24.3 Å². The van der Waals surface area contributed by atoms with Crippen molar-refractivity contribution in [3.05, 3.63) is 72.5 Å². The normalized spacial score (nSPS) is 11.2. The number of furan rings is 1. The summed E-state index contributed by atoms with van der Waals surface area (Å²) >= 11 is 0. The van der Waals surface area contributed by atoms with Crippen molar-refractivity contribution < 1.29 is 27.1 Å². The van der Waals surface area contributed by atoms with Crippen molar-refractivity contribution in [2.75, 3.05) is 13.2 Å². The first-order chi connectivity index (χ1) is 13.9. The monoisotopic (exact) mass is 415 g/mol. The molecule has 3 aromatic rings. The van der Waals surface area contributed by atoms with Crippen molar-refractivity contribution in [2.45, 2.75) is 17.7 Å². The van der Waals surface area contributed by atoms with Gasteiger partial charge in [-0.05, 0) is 36.4 Å². The number of esters is 1. The molecule has 2 aromatic carbocycles. The lowest BCUT2D eigenvalue weighted by atomic mass is 10.2. The van der Waals surface area contributed by atoms with Crippen LogP contribution in [-0.2, 0) is 26.0 Å². The molecule has 1 heterocycles. The van der Waals surface area contributed by atoms with Gasteiger partial charge in [0.25, 0.3) is 0 Å². The third-order valence-electron chi connectivity index (χ3n) is 4.06. The summed E-state index contributed by atoms with van der Waals surface area (Å²) in [4.78, 5) is 11.9. The molecule has 0 radical (unpaired) electrons. The first-order valence-electron chi connectivity index (χ1n) is 8.97. The van der Waals surface area contributed by atoms with E-state index < -0.39 is 10.0 Å². The minimum Gasteiger partial charge on any atom is -0.490 e. The Hall–Kier alpha value is -3.10. The number of ether oxygens (including phenoxy) is 2. The Morgan fingerprint density at radius 3 is 2.34 bits per heavy atom. The zero-order chi connectivity index (χ0) is 20.7. The topological polar surface area (TPSA) is 109 Å². The molecule has 0 atom stereocenters. The lowest BCUT2D eigenvalue weighted by Gasteiger charge is -2.07. The highest BCUT2D eigenvalue weighted by Crippen LogP contribution is 2.22. The Balaban J connectivity index is 1.37. The lowest BCUT2D eigenvalue weighted by molar-refractivity contribution is -0.144. The van der Waals surface area contributed by atoms with Gasteiger partial charge in [0.05, 0.1) is 11.3 Å². The van der Waals surface area contributed by atoms with Gasteiger partial charge in [-0.1, -0.05) is 30.3 Å². The van der Waals surface area contributed by atoms with Crippen LogP contribution < -0.4 is 9.88 Å². The molecule has 7 nitrogen and oxygen atoms in total. The summed E-state index contributed by atoms with van der Waals surface area (Å²) in [6.07, 6.45) is 0.645. The summed E-state index contributed by atoms with van der Waals surface area (Å²) in [5.41, 5.74) is 0.982. The van der Waals surface area contributed by atoms with E-state index in [1.54, 1.807) is 0 Å². The van der Waals surface area contributed by atoms with Crippen LogP contribution in [-0.4, -0.2) is 27.6 Å². The Bertz CT molecular complexity index is 1040. The molecule has 0 saturated carbocycles. The molecule has 0 aliphatic heterocycles. The summed E-state index contributed by atoms with van der Waals surface area (Å²) in [6.45, 7) is 0.239. The molecule has 29 heavy (non-hydrogen) atoms. The largest absolute Gasteiger partial charge is 0.490 e. The van der Waals surface area contributed by atoms with Gasteiger partial charge in [-0.3, -0.25) is 4.79 Å². The second kappa shape index (κ2) is 9.40. The standard InChI is InChI=1S/C21H21NO6S/c22-29(24,25)19-10-6-17(7-11-19)26-14-15-27-21(23)13-9-18-8-12-20(28-18)16-4-2-1-3-5-16/h1-8,10-12H,9,13-15H2,(H2,22,24,25). The number of hydrogen-bond acceptors (Lipinski definition) is 6. The SMILES string of the molecule is NS(=O)(=O)c1ccc(OCCOC(=O)CCc2ccc(-c3ccccc3)o2)cc1. The highest BCUT2D eigenvalue weighted by atomic mass is 32.2. The van der Waals surface area contributed by atoms with Crippen LogP contribution >= 0.6 is 0 Å². The van der Waals surface area contributed by atoms with Crippen molar-refractivity contribution in [3.8, 4) is 17.1 Å². The molecule has 0 spiro atoms. The van der Waals surface area contributed by atoms with Crippen LogP contribution in [0.3, 0.4) is 0 Å². The van der Waals surface area contributed by atoms with Gasteiger partial charge in [0.1, 0.15) is 30.5 Å². The number of carbonyl (C=O) groups is 1. The highest BCUT2D eigenvalue weighted by Gasteiger charge is 2.09. The number of hydrogen-bond donors (Lipinski definition) is 1. The van der Waals surface area contributed by atoms with Crippen molar-refractivity contribution in [1.82, 2.24) is 0 Å². The van der Waals surface area contributed by atoms with Gasteiger partial charge in [-0.25, -0.2) is 13.6 Å². The molecule has 0 fully saturated rings. The van der Waals surface area contributed by atoms with Gasteiger partial charge < -0.3 is 13.9 Å². The van der Waals surface area contributed by atoms with Crippen LogP contribution in [0, 0.1) is 0 Å². The molecule has 0 aliphatic carbocycles. The number of benzene rings is 2. The molecule has 3 rings (SSSR count). The second-order valence-corrected chi connectivity index (χ2v) is 7.78. The fourth-order valence-electron chi connectivity index (χ4n) is 2.61. The van der Waals surface area contributed by atoms with Gasteiger partial charge in [0, 0.05) is 12.0 Å². The summed E-state index contributed by atoms with van der Waals surface area (Å²) in [5, 5.41) is 5.03. The fourth-order valence-corrected chi connectivity index (χ4v) is 3.12. The van der Waals surface area contributed by atoms with Crippen LogP contribution in [0.25, 0.3) is 11.3 Å². The van der Waals surface area contributed by atoms with E-state index >= 15 is 0 Å². The summed E-state index contributed by atoms with van der Waals surface area (Å²) in [6, 6.07) is 19.1. The number of rotatable bonds is 9. The van der Waals surface area contributed by atoms with Crippen LogP contribution in [0.2, 0.25) is 0 Å². The maximum atomic E-state index is 11.9. The predicted octanol–water partition coefficient (Wildman–Crippen LogP) is 3.15. The highest BCUT2D eigenvalue weighted by molar-refractivity contribution is 7.89. The first-order valence-corrected chi connectivity index (χ1v) is 10.5. The van der Waals surface area contributed by atoms with E-state index in [4.69, 9.17) is 19.0 Å². The number of primary sulfonamides is 1. The summed E-state index contributed by atoms with van der Waals surface area (Å²) in [7, 11) is -3.73. The molecular weight excluding hydrogens is 394 g/mol. The van der Waals surface area contributed by atoms with E-state index in [0.29, 0.717) is 17.9 Å². The van der Waals surface area contributed by atoms with E-state index in [1.807, 2.05) is 42.5 Å². The molecule has 8 heteroatoms. The number of aryl methyl sites for hydroxylation is 1. The third-order valence-corrected chi connectivity index (χ3v) is 4.99. The van der Waals surface area contributed by atoms with Crippen LogP contribution in [0.5, 0.6) is 5.75 Å². The molecule has 0 saturated heterocycles. The zero-order valence-corrected chi connectivity index (χ0v) is 16.4. The van der Waals surface area contributed by atoms with Crippen LogP contribution in [0.15, 0.2) is 76.0 Å². The molecule has 0 unspecified atom stereocenters. The van der Waals surface area contributed by atoms with Crippen LogP contribution in [0.1, 0.15) is 12.2 Å². The molecule has 152 valence electrons. The van der Waals surface area contributed by atoms with Gasteiger partial charge in [0.2, 0.25) is 10.0 Å². The maximum Gasteiger partial charge on any atom is 0.306 e. The second-order valence-electron chi connectivity index (χ2n) is 6.22. The number of carbonyl (C=O) groups excluding carboxylic acids is 1. The van der Waals surface area contributed by atoms with Gasteiger partial charge in [-0.2, -0.15) is 0 Å². The number of nitrogens with two attached hydrogens (primary N) is 1. The summed E-state index contributed by atoms with van der Waals surface area (Å²) < 4.78 is 38.7. The molecule has 2 N–H and O–H groups in total. The maximum absolute atomic E-state index is 11.9. The minimum atomic E-state index is -3.73. The molecular formula is C21H21NO6S. The first kappa shape index (κ1) is 20.6. The van der Waals surface area contributed by atoms with E-state index in [-0.39, 0.29) is 30.5 Å². The third kappa shape index (κ3) is 6.20. The molecule has 1 aromatic heterocycles. The Kier molecular flexibility index (Phi) is 6.69. The predicted molar refractivity (Wildman–Crippen MR) is 107 cm³/mol. The summed E-state index contributed by atoms with van der Waals surface area (Å²) in [5.74, 6) is 1.58. The van der Waals surface area contributed by atoms with Crippen molar-refractivity contribution in [2.24, 2.45) is 5.14 Å². The lowest BCUT2D eigenvalue weighted by Crippen LogP contribution is -2.13. The van der Waals surface area contributed by atoms with Gasteiger partial charge >= 0.3 is 5.97 Å². The fraction of sp³-hybridized carbons (Fsp3) is 0.190. The Morgan fingerprint density at radius 2 is 1.66 bits per heavy atom. The number of sulfonamides is 1. The zero-order valence-electron chi connectivity index (χ0n) is 15.6. The average Bonchev–Trinajstić information content (AvgIpc) is 3.19. The van der Waals surface area contributed by atoms with Crippen LogP contribution in [0.4, 0.5) is 0 Å². The Labute approximate surface area is 169 Å². The smallest absolute Gasteiger partial charge is 0.306 e. The van der Waals surface area contributed by atoms with Crippen molar-refractivity contribution >= 4 is 16.0 Å². The van der Waals surface area contributed by atoms with E-state index in [0.717, 1.165) is 11.3 Å². The quantitative estimate of drug-likeness (QED) is 0.425. The van der Waals surface area contributed by atoms with Crippen molar-refractivity contribution in [3.63, 3.8) is 0 Å². The molecule has 0 aliphatic rings. The van der Waals surface area contributed by atoms with Gasteiger partial charge in [-0.15, -0.1) is 0 Å². The Morgan fingerprint density at radius 1 is 0.931 bits per heavy atom.